The minimum atomic E-state index is -1.28. The van der Waals surface area contributed by atoms with Crippen molar-refractivity contribution in [3.8, 4) is 0 Å². The first-order chi connectivity index (χ1) is 11.6. The van der Waals surface area contributed by atoms with Gasteiger partial charge in [0.05, 0.1) is 12.1 Å². The van der Waals surface area contributed by atoms with Crippen LogP contribution in [0.15, 0.2) is 0 Å². The monoisotopic (exact) mass is 360 g/mol. The Hall–Kier alpha value is -1.71. The number of unbranched alkanes of at least 4 members (excludes halogenated alkanes) is 1. The highest BCUT2D eigenvalue weighted by atomic mass is 16.4. The molecule has 0 radical (unpaired) electrons. The van der Waals surface area contributed by atoms with Crippen molar-refractivity contribution in [3.05, 3.63) is 0 Å². The predicted octanol–water partition coefficient (Wildman–Crippen LogP) is -1.08. The van der Waals surface area contributed by atoms with Gasteiger partial charge in [0, 0.05) is 0 Å². The van der Waals surface area contributed by atoms with E-state index in [1.165, 1.54) is 6.92 Å². The first-order valence-corrected chi connectivity index (χ1v) is 8.57. The number of carboxylic acids is 1. The SMILES string of the molecule is CC(C)CC(N)C(=O)NC(C(=O)NC(CCCCN)C(=O)O)C(C)O. The van der Waals surface area contributed by atoms with Gasteiger partial charge in [0.15, 0.2) is 0 Å². The highest BCUT2D eigenvalue weighted by Crippen LogP contribution is 2.05. The maximum Gasteiger partial charge on any atom is 0.326 e. The van der Waals surface area contributed by atoms with Crippen LogP contribution in [-0.4, -0.2) is 58.8 Å². The smallest absolute Gasteiger partial charge is 0.326 e. The Morgan fingerprint density at radius 3 is 2.08 bits per heavy atom. The number of aliphatic hydroxyl groups excluding tert-OH is 1. The second-order valence-corrected chi connectivity index (χ2v) is 6.65. The molecule has 4 unspecified atom stereocenters. The van der Waals surface area contributed by atoms with Crippen LogP contribution in [-0.2, 0) is 14.4 Å². The molecule has 8 N–H and O–H groups in total. The third-order valence-electron chi connectivity index (χ3n) is 3.69. The Kier molecular flexibility index (Phi) is 11.0. The van der Waals surface area contributed by atoms with Crippen molar-refractivity contribution in [2.24, 2.45) is 17.4 Å². The zero-order valence-corrected chi connectivity index (χ0v) is 15.2. The number of amides is 2. The Labute approximate surface area is 148 Å². The first kappa shape index (κ1) is 23.3. The maximum atomic E-state index is 12.3. The van der Waals surface area contributed by atoms with Crippen molar-refractivity contribution in [2.45, 2.75) is 70.7 Å². The van der Waals surface area contributed by atoms with E-state index in [-0.39, 0.29) is 12.3 Å². The number of carbonyl (C=O) groups excluding carboxylic acids is 2. The normalized spacial score (nSPS) is 16.0. The summed E-state index contributed by atoms with van der Waals surface area (Å²) in [4.78, 5) is 35.6. The summed E-state index contributed by atoms with van der Waals surface area (Å²) >= 11 is 0. The summed E-state index contributed by atoms with van der Waals surface area (Å²) in [6.45, 7) is 5.58. The summed E-state index contributed by atoms with van der Waals surface area (Å²) in [6.07, 6.45) is 0.621. The van der Waals surface area contributed by atoms with Crippen molar-refractivity contribution < 1.29 is 24.6 Å². The number of aliphatic carboxylic acids is 1. The highest BCUT2D eigenvalue weighted by Gasteiger charge is 2.30. The average molecular weight is 360 g/mol. The van der Waals surface area contributed by atoms with E-state index in [0.29, 0.717) is 25.8 Å². The first-order valence-electron chi connectivity index (χ1n) is 8.57. The minimum absolute atomic E-state index is 0.193. The van der Waals surface area contributed by atoms with E-state index in [9.17, 15) is 24.6 Å². The van der Waals surface area contributed by atoms with Crippen LogP contribution < -0.4 is 22.1 Å². The lowest BCUT2D eigenvalue weighted by atomic mass is 10.0. The molecule has 0 saturated heterocycles. The molecule has 0 aromatic heterocycles. The molecule has 0 spiro atoms. The lowest BCUT2D eigenvalue weighted by Gasteiger charge is -2.25. The van der Waals surface area contributed by atoms with Crippen LogP contribution in [0.1, 0.15) is 46.5 Å². The second kappa shape index (κ2) is 11.8. The van der Waals surface area contributed by atoms with Crippen molar-refractivity contribution in [1.29, 1.82) is 0 Å². The third kappa shape index (κ3) is 9.37. The second-order valence-electron chi connectivity index (χ2n) is 6.65. The average Bonchev–Trinajstić information content (AvgIpc) is 2.50. The van der Waals surface area contributed by atoms with Crippen molar-refractivity contribution in [3.63, 3.8) is 0 Å². The number of hydrogen-bond donors (Lipinski definition) is 6. The van der Waals surface area contributed by atoms with Gasteiger partial charge >= 0.3 is 5.97 Å². The Bertz CT molecular complexity index is 442. The molecular formula is C16H32N4O5. The van der Waals surface area contributed by atoms with Crippen molar-refractivity contribution in [1.82, 2.24) is 10.6 Å². The van der Waals surface area contributed by atoms with Gasteiger partial charge in [-0.15, -0.1) is 0 Å². The topological polar surface area (TPSA) is 168 Å². The summed E-state index contributed by atoms with van der Waals surface area (Å²) in [5.41, 5.74) is 11.1. The van der Waals surface area contributed by atoms with Crippen LogP contribution in [0.2, 0.25) is 0 Å². The lowest BCUT2D eigenvalue weighted by molar-refractivity contribution is -0.143. The van der Waals surface area contributed by atoms with E-state index in [4.69, 9.17) is 11.5 Å². The van der Waals surface area contributed by atoms with Gasteiger partial charge in [-0.2, -0.15) is 0 Å². The van der Waals surface area contributed by atoms with Crippen LogP contribution in [0, 0.1) is 5.92 Å². The number of carboxylic acid groups (broad SMARTS) is 1. The molecule has 0 aliphatic heterocycles. The maximum absolute atomic E-state index is 12.3. The van der Waals surface area contributed by atoms with Gasteiger partial charge < -0.3 is 32.3 Å². The van der Waals surface area contributed by atoms with E-state index >= 15 is 0 Å². The van der Waals surface area contributed by atoms with Crippen molar-refractivity contribution >= 4 is 17.8 Å². The third-order valence-corrected chi connectivity index (χ3v) is 3.69. The zero-order chi connectivity index (χ0) is 19.6. The van der Waals surface area contributed by atoms with E-state index in [1.807, 2.05) is 13.8 Å². The van der Waals surface area contributed by atoms with Gasteiger partial charge in [-0.05, 0) is 45.1 Å². The molecule has 0 heterocycles. The van der Waals surface area contributed by atoms with Crippen LogP contribution in [0.25, 0.3) is 0 Å². The summed E-state index contributed by atoms with van der Waals surface area (Å²) < 4.78 is 0. The van der Waals surface area contributed by atoms with E-state index < -0.39 is 42.0 Å². The van der Waals surface area contributed by atoms with Gasteiger partial charge in [-0.25, -0.2) is 4.79 Å². The standard InChI is InChI=1S/C16H32N4O5/c1-9(2)8-11(18)14(22)20-13(10(3)21)15(23)19-12(16(24)25)6-4-5-7-17/h9-13,21H,4-8,17-18H2,1-3H3,(H,19,23)(H,20,22)(H,24,25). The minimum Gasteiger partial charge on any atom is -0.480 e. The van der Waals surface area contributed by atoms with Gasteiger partial charge in [0.25, 0.3) is 0 Å². The predicted molar refractivity (Wildman–Crippen MR) is 93.5 cm³/mol. The van der Waals surface area contributed by atoms with E-state index in [1.54, 1.807) is 0 Å². The molecule has 0 aromatic rings. The Morgan fingerprint density at radius 2 is 1.64 bits per heavy atom. The summed E-state index contributed by atoms with van der Waals surface area (Å²) in [5, 5.41) is 23.7. The molecule has 0 aromatic carbocycles. The highest BCUT2D eigenvalue weighted by molar-refractivity contribution is 5.92. The molecule has 0 fully saturated rings. The molecule has 0 rings (SSSR count). The Morgan fingerprint density at radius 1 is 1.04 bits per heavy atom. The number of hydrogen-bond acceptors (Lipinski definition) is 6. The van der Waals surface area contributed by atoms with Crippen molar-refractivity contribution in [2.75, 3.05) is 6.54 Å². The fourth-order valence-corrected chi connectivity index (χ4v) is 2.29. The summed E-state index contributed by atoms with van der Waals surface area (Å²) in [6, 6.07) is -3.20. The molecule has 4 atom stereocenters. The molecule has 146 valence electrons. The fraction of sp³-hybridized carbons (Fsp3) is 0.812. The summed E-state index contributed by atoms with van der Waals surface area (Å²) in [5.74, 6) is -2.32. The number of carbonyl (C=O) groups is 3. The molecule has 0 aliphatic rings. The molecule has 9 heteroatoms. The van der Waals surface area contributed by atoms with Crippen LogP contribution in [0.4, 0.5) is 0 Å². The fourth-order valence-electron chi connectivity index (χ4n) is 2.29. The van der Waals surface area contributed by atoms with E-state index in [0.717, 1.165) is 0 Å². The molecule has 9 nitrogen and oxygen atoms in total. The van der Waals surface area contributed by atoms with Gasteiger partial charge in [-0.3, -0.25) is 9.59 Å². The number of nitrogens with one attached hydrogen (secondary N) is 2. The molecule has 25 heavy (non-hydrogen) atoms. The van der Waals surface area contributed by atoms with Gasteiger partial charge in [0.1, 0.15) is 12.1 Å². The van der Waals surface area contributed by atoms with E-state index in [2.05, 4.69) is 10.6 Å². The molecule has 0 bridgehead atoms. The summed E-state index contributed by atoms with van der Waals surface area (Å²) in [7, 11) is 0. The van der Waals surface area contributed by atoms with Crippen LogP contribution >= 0.6 is 0 Å². The Balaban J connectivity index is 4.86. The molecule has 0 aliphatic carbocycles. The molecule has 0 saturated carbocycles. The number of aliphatic hydroxyl groups is 1. The lowest BCUT2D eigenvalue weighted by Crippen LogP contribution is -2.58. The quantitative estimate of drug-likeness (QED) is 0.241. The van der Waals surface area contributed by atoms with Gasteiger partial charge in [0.2, 0.25) is 11.8 Å². The number of nitrogens with two attached hydrogens (primary N) is 2. The number of rotatable bonds is 12. The van der Waals surface area contributed by atoms with Crippen LogP contribution in [0.3, 0.4) is 0 Å². The van der Waals surface area contributed by atoms with Gasteiger partial charge in [-0.1, -0.05) is 13.8 Å². The molecule has 2 amide bonds. The zero-order valence-electron chi connectivity index (χ0n) is 15.2. The largest absolute Gasteiger partial charge is 0.480 e. The van der Waals surface area contributed by atoms with Crippen LogP contribution in [0.5, 0.6) is 0 Å². The molecular weight excluding hydrogens is 328 g/mol.